The third-order valence-corrected chi connectivity index (χ3v) is 2.92. The summed E-state index contributed by atoms with van der Waals surface area (Å²) < 4.78 is 5.45. The van der Waals surface area contributed by atoms with Gasteiger partial charge in [0.1, 0.15) is 0 Å². The third-order valence-electron chi connectivity index (χ3n) is 2.92. The number of hydrogen-bond acceptors (Lipinski definition) is 4. The van der Waals surface area contributed by atoms with Crippen LogP contribution in [0.4, 0.5) is 0 Å². The van der Waals surface area contributed by atoms with Crippen LogP contribution < -0.4 is 5.32 Å². The van der Waals surface area contributed by atoms with Crippen molar-refractivity contribution in [3.8, 4) is 0 Å². The van der Waals surface area contributed by atoms with E-state index >= 15 is 0 Å². The lowest BCUT2D eigenvalue weighted by Crippen LogP contribution is -2.28. The quantitative estimate of drug-likeness (QED) is 0.787. The Balaban J connectivity index is 1.88. The molecule has 82 valence electrons. The summed E-state index contributed by atoms with van der Waals surface area (Å²) in [7, 11) is 0. The molecule has 2 aromatic rings. The van der Waals surface area contributed by atoms with Gasteiger partial charge in [-0.2, -0.15) is 0 Å². The minimum Gasteiger partial charge on any atom is -0.424 e. The first-order chi connectivity index (χ1) is 7.83. The Bertz CT molecular complexity index is 506. The molecule has 1 aliphatic heterocycles. The van der Waals surface area contributed by atoms with Crippen LogP contribution in [0.15, 0.2) is 28.7 Å². The molecule has 0 saturated carbocycles. The van der Waals surface area contributed by atoms with Crippen molar-refractivity contribution in [3.63, 3.8) is 0 Å². The van der Waals surface area contributed by atoms with E-state index in [1.54, 1.807) is 0 Å². The van der Waals surface area contributed by atoms with Crippen molar-refractivity contribution in [1.82, 2.24) is 15.5 Å². The van der Waals surface area contributed by atoms with Crippen molar-refractivity contribution >= 4 is 0 Å². The standard InChI is InChI=1S/C12H13N3O/c1-8-14-15-12(16-8)11-6-9-4-2-3-5-10(9)7-13-11/h2-5,11,13H,6-7H2,1H3/t11-/m1/s1. The van der Waals surface area contributed by atoms with Gasteiger partial charge in [-0.25, -0.2) is 0 Å². The number of fused-ring (bicyclic) bond motifs is 1. The summed E-state index contributed by atoms with van der Waals surface area (Å²) in [5.74, 6) is 1.31. The van der Waals surface area contributed by atoms with Gasteiger partial charge < -0.3 is 9.73 Å². The minimum atomic E-state index is 0.149. The van der Waals surface area contributed by atoms with Crippen LogP contribution in [-0.2, 0) is 13.0 Å². The maximum Gasteiger partial charge on any atom is 0.233 e. The number of benzene rings is 1. The van der Waals surface area contributed by atoms with Gasteiger partial charge in [-0.05, 0) is 17.5 Å². The normalized spacial score (nSPS) is 19.4. The van der Waals surface area contributed by atoms with E-state index in [0.29, 0.717) is 11.8 Å². The Hall–Kier alpha value is -1.68. The molecule has 0 spiro atoms. The molecular formula is C12H13N3O. The number of nitrogens with one attached hydrogen (secondary N) is 1. The number of aromatic nitrogens is 2. The molecule has 16 heavy (non-hydrogen) atoms. The van der Waals surface area contributed by atoms with E-state index in [0.717, 1.165) is 13.0 Å². The summed E-state index contributed by atoms with van der Waals surface area (Å²) >= 11 is 0. The highest BCUT2D eigenvalue weighted by atomic mass is 16.4. The van der Waals surface area contributed by atoms with E-state index < -0.39 is 0 Å². The zero-order valence-electron chi connectivity index (χ0n) is 9.10. The summed E-state index contributed by atoms with van der Waals surface area (Å²) in [4.78, 5) is 0. The van der Waals surface area contributed by atoms with E-state index in [-0.39, 0.29) is 6.04 Å². The Labute approximate surface area is 93.7 Å². The van der Waals surface area contributed by atoms with Crippen molar-refractivity contribution in [2.75, 3.05) is 0 Å². The average Bonchev–Trinajstić information content (AvgIpc) is 2.75. The van der Waals surface area contributed by atoms with Gasteiger partial charge in [0, 0.05) is 13.5 Å². The fourth-order valence-corrected chi connectivity index (χ4v) is 2.08. The monoisotopic (exact) mass is 215 g/mol. The molecule has 1 N–H and O–H groups in total. The zero-order chi connectivity index (χ0) is 11.0. The lowest BCUT2D eigenvalue weighted by Gasteiger charge is -2.23. The molecule has 1 aromatic heterocycles. The Kier molecular flexibility index (Phi) is 2.22. The molecule has 0 unspecified atom stereocenters. The smallest absolute Gasteiger partial charge is 0.233 e. The summed E-state index contributed by atoms with van der Waals surface area (Å²) in [6.45, 7) is 2.68. The van der Waals surface area contributed by atoms with Crippen molar-refractivity contribution in [3.05, 3.63) is 47.2 Å². The topological polar surface area (TPSA) is 51.0 Å². The molecule has 0 bridgehead atoms. The van der Waals surface area contributed by atoms with Gasteiger partial charge in [-0.1, -0.05) is 24.3 Å². The molecule has 4 nitrogen and oxygen atoms in total. The summed E-state index contributed by atoms with van der Waals surface area (Å²) in [6, 6.07) is 8.60. The second-order valence-electron chi connectivity index (χ2n) is 4.07. The van der Waals surface area contributed by atoms with Gasteiger partial charge in [0.15, 0.2) is 0 Å². The molecule has 2 heterocycles. The molecule has 0 fully saturated rings. The van der Waals surface area contributed by atoms with E-state index in [1.165, 1.54) is 11.1 Å². The number of hydrogen-bond donors (Lipinski definition) is 1. The molecule has 4 heteroatoms. The second kappa shape index (κ2) is 3.72. The predicted octanol–water partition coefficient (Wildman–Crippen LogP) is 1.77. The van der Waals surface area contributed by atoms with Crippen molar-refractivity contribution in [1.29, 1.82) is 0 Å². The van der Waals surface area contributed by atoms with Crippen LogP contribution in [0.2, 0.25) is 0 Å². The predicted molar refractivity (Wildman–Crippen MR) is 58.8 cm³/mol. The Morgan fingerprint density at radius 2 is 2.06 bits per heavy atom. The number of nitrogens with zero attached hydrogens (tertiary/aromatic N) is 2. The molecule has 3 rings (SSSR count). The number of rotatable bonds is 1. The van der Waals surface area contributed by atoms with Gasteiger partial charge in [0.2, 0.25) is 11.8 Å². The van der Waals surface area contributed by atoms with Crippen molar-refractivity contribution in [2.24, 2.45) is 0 Å². The van der Waals surface area contributed by atoms with Crippen LogP contribution in [-0.4, -0.2) is 10.2 Å². The van der Waals surface area contributed by atoms with Crippen LogP contribution in [0, 0.1) is 6.92 Å². The van der Waals surface area contributed by atoms with Gasteiger partial charge in [0.25, 0.3) is 0 Å². The van der Waals surface area contributed by atoms with Gasteiger partial charge in [-0.15, -0.1) is 10.2 Å². The van der Waals surface area contributed by atoms with Crippen LogP contribution >= 0.6 is 0 Å². The molecule has 1 aromatic carbocycles. The van der Waals surface area contributed by atoms with E-state index in [4.69, 9.17) is 4.42 Å². The first-order valence-electron chi connectivity index (χ1n) is 5.43. The second-order valence-corrected chi connectivity index (χ2v) is 4.07. The highest BCUT2D eigenvalue weighted by molar-refractivity contribution is 5.30. The summed E-state index contributed by atoms with van der Waals surface area (Å²) in [5, 5.41) is 11.3. The molecular weight excluding hydrogens is 202 g/mol. The lowest BCUT2D eigenvalue weighted by molar-refractivity contribution is 0.372. The molecule has 0 amide bonds. The maximum absolute atomic E-state index is 5.45. The largest absolute Gasteiger partial charge is 0.424 e. The van der Waals surface area contributed by atoms with Gasteiger partial charge in [0.05, 0.1) is 6.04 Å². The van der Waals surface area contributed by atoms with Gasteiger partial charge >= 0.3 is 0 Å². The number of aryl methyl sites for hydroxylation is 1. The minimum absolute atomic E-state index is 0.149. The Morgan fingerprint density at radius 1 is 1.25 bits per heavy atom. The maximum atomic E-state index is 5.45. The highest BCUT2D eigenvalue weighted by Gasteiger charge is 2.23. The lowest BCUT2D eigenvalue weighted by atomic mass is 9.96. The molecule has 0 saturated heterocycles. The SMILES string of the molecule is Cc1nnc([C@H]2Cc3ccccc3CN2)o1. The summed E-state index contributed by atoms with van der Waals surface area (Å²) in [6.07, 6.45) is 0.914. The van der Waals surface area contributed by atoms with Crippen LogP contribution in [0.5, 0.6) is 0 Å². The molecule has 1 atom stereocenters. The fraction of sp³-hybridized carbons (Fsp3) is 0.333. The third kappa shape index (κ3) is 1.61. The van der Waals surface area contributed by atoms with E-state index in [2.05, 4.69) is 39.8 Å². The van der Waals surface area contributed by atoms with E-state index in [1.807, 2.05) is 6.92 Å². The van der Waals surface area contributed by atoms with Crippen molar-refractivity contribution in [2.45, 2.75) is 25.9 Å². The Morgan fingerprint density at radius 3 is 2.81 bits per heavy atom. The summed E-state index contributed by atoms with van der Waals surface area (Å²) in [5.41, 5.74) is 2.72. The highest BCUT2D eigenvalue weighted by Crippen LogP contribution is 2.24. The molecule has 1 aliphatic rings. The van der Waals surface area contributed by atoms with E-state index in [9.17, 15) is 0 Å². The average molecular weight is 215 g/mol. The molecule has 0 aliphatic carbocycles. The molecule has 0 radical (unpaired) electrons. The zero-order valence-corrected chi connectivity index (χ0v) is 9.10. The first-order valence-corrected chi connectivity index (χ1v) is 5.43. The van der Waals surface area contributed by atoms with Crippen LogP contribution in [0.25, 0.3) is 0 Å². The van der Waals surface area contributed by atoms with Crippen LogP contribution in [0.3, 0.4) is 0 Å². The van der Waals surface area contributed by atoms with Crippen LogP contribution in [0.1, 0.15) is 29.0 Å². The van der Waals surface area contributed by atoms with Gasteiger partial charge in [-0.3, -0.25) is 0 Å². The first kappa shape index (κ1) is 9.54. The fourth-order valence-electron chi connectivity index (χ4n) is 2.08. The van der Waals surface area contributed by atoms with Crippen molar-refractivity contribution < 1.29 is 4.42 Å².